The van der Waals surface area contributed by atoms with Gasteiger partial charge in [-0.2, -0.15) is 0 Å². The van der Waals surface area contributed by atoms with Gasteiger partial charge in [0, 0.05) is 30.7 Å². The molecule has 5 heteroatoms. The molecule has 31 heavy (non-hydrogen) atoms. The molecule has 2 unspecified atom stereocenters. The van der Waals surface area contributed by atoms with E-state index in [1.165, 1.54) is 16.8 Å². The average molecular weight is 424 g/mol. The van der Waals surface area contributed by atoms with Crippen LogP contribution in [0, 0.1) is 12.8 Å². The highest BCUT2D eigenvalue weighted by Gasteiger charge is 2.48. The van der Waals surface area contributed by atoms with Gasteiger partial charge in [0.1, 0.15) is 11.4 Å². The number of ether oxygens (including phenoxy) is 1. The van der Waals surface area contributed by atoms with Crippen LogP contribution in [0.5, 0.6) is 5.75 Å². The van der Waals surface area contributed by atoms with E-state index in [2.05, 4.69) is 41.9 Å². The number of amides is 1. The van der Waals surface area contributed by atoms with Crippen LogP contribution in [0.15, 0.2) is 24.3 Å². The third kappa shape index (κ3) is 3.67. The summed E-state index contributed by atoms with van der Waals surface area (Å²) in [5.74, 6) is 1.59. The Morgan fingerprint density at radius 1 is 1.29 bits per heavy atom. The Balaban J connectivity index is 1.77. The Hall–Kier alpha value is -2.27. The van der Waals surface area contributed by atoms with Crippen molar-refractivity contribution in [1.82, 2.24) is 14.8 Å². The van der Waals surface area contributed by atoms with Crippen LogP contribution in [0.4, 0.5) is 0 Å². The average Bonchev–Trinajstić information content (AvgIpc) is 3.12. The molecule has 0 bridgehead atoms. The molecular weight excluding hydrogens is 386 g/mol. The van der Waals surface area contributed by atoms with E-state index < -0.39 is 0 Å². The molecule has 1 aromatic heterocycles. The molecule has 1 amide bonds. The highest BCUT2D eigenvalue weighted by molar-refractivity contribution is 5.94. The fourth-order valence-corrected chi connectivity index (χ4v) is 5.90. The summed E-state index contributed by atoms with van der Waals surface area (Å²) in [6.45, 7) is 13.3. The molecule has 2 aliphatic rings. The number of carbonyl (C=O) groups is 1. The van der Waals surface area contributed by atoms with Crippen molar-refractivity contribution >= 4 is 5.91 Å². The summed E-state index contributed by atoms with van der Waals surface area (Å²) in [7, 11) is 1.74. The number of benzene rings is 1. The van der Waals surface area contributed by atoms with Gasteiger partial charge in [-0.1, -0.05) is 19.1 Å². The summed E-state index contributed by atoms with van der Waals surface area (Å²) in [6.07, 6.45) is 3.12. The first-order valence-corrected chi connectivity index (χ1v) is 11.8. The van der Waals surface area contributed by atoms with Gasteiger partial charge in [-0.15, -0.1) is 0 Å². The van der Waals surface area contributed by atoms with Crippen LogP contribution in [0.25, 0.3) is 0 Å². The van der Waals surface area contributed by atoms with Crippen molar-refractivity contribution in [2.24, 2.45) is 5.92 Å². The first kappa shape index (κ1) is 21.9. The van der Waals surface area contributed by atoms with Gasteiger partial charge in [0.25, 0.3) is 5.91 Å². The van der Waals surface area contributed by atoms with E-state index in [9.17, 15) is 4.79 Å². The molecule has 1 fully saturated rings. The van der Waals surface area contributed by atoms with Crippen molar-refractivity contribution in [3.8, 4) is 5.75 Å². The zero-order valence-corrected chi connectivity index (χ0v) is 19.8. The molecule has 1 aliphatic carbocycles. The molecular formula is C26H37N3O2. The zero-order chi connectivity index (χ0) is 22.2. The SMILES string of the molecule is CCN1CCC2(c3cccc(OC)c3)Cc3[nH]c(C(=O)N(CC)CC)c(C)c3CC2C1. The second-order valence-corrected chi connectivity index (χ2v) is 9.17. The predicted molar refractivity (Wildman–Crippen MR) is 125 cm³/mol. The van der Waals surface area contributed by atoms with Crippen LogP contribution >= 0.6 is 0 Å². The van der Waals surface area contributed by atoms with E-state index >= 15 is 0 Å². The molecule has 0 saturated carbocycles. The first-order chi connectivity index (χ1) is 15.0. The lowest BCUT2D eigenvalue weighted by molar-refractivity contribution is 0.0766. The molecule has 1 saturated heterocycles. The molecule has 1 N–H and O–H groups in total. The lowest BCUT2D eigenvalue weighted by atomic mass is 9.58. The van der Waals surface area contributed by atoms with Crippen molar-refractivity contribution in [1.29, 1.82) is 0 Å². The van der Waals surface area contributed by atoms with Gasteiger partial charge in [-0.05, 0) is 87.9 Å². The summed E-state index contributed by atoms with van der Waals surface area (Å²) in [4.78, 5) is 21.2. The van der Waals surface area contributed by atoms with Gasteiger partial charge in [0.05, 0.1) is 7.11 Å². The Bertz CT molecular complexity index is 946. The van der Waals surface area contributed by atoms with Crippen molar-refractivity contribution in [3.63, 3.8) is 0 Å². The Morgan fingerprint density at radius 2 is 2.06 bits per heavy atom. The van der Waals surface area contributed by atoms with Crippen LogP contribution in [-0.4, -0.2) is 60.5 Å². The van der Waals surface area contributed by atoms with E-state index in [0.29, 0.717) is 5.92 Å². The van der Waals surface area contributed by atoms with E-state index in [4.69, 9.17) is 4.74 Å². The Kier molecular flexibility index (Phi) is 6.16. The van der Waals surface area contributed by atoms with Gasteiger partial charge in [0.15, 0.2) is 0 Å². The number of likely N-dealkylation sites (tertiary alicyclic amines) is 1. The largest absolute Gasteiger partial charge is 0.497 e. The summed E-state index contributed by atoms with van der Waals surface area (Å²) >= 11 is 0. The van der Waals surface area contributed by atoms with Gasteiger partial charge in [0.2, 0.25) is 0 Å². The van der Waals surface area contributed by atoms with Crippen LogP contribution < -0.4 is 4.74 Å². The lowest BCUT2D eigenvalue weighted by Gasteiger charge is -2.51. The second-order valence-electron chi connectivity index (χ2n) is 9.17. The highest BCUT2D eigenvalue weighted by Crippen LogP contribution is 2.49. The Morgan fingerprint density at radius 3 is 2.74 bits per heavy atom. The van der Waals surface area contributed by atoms with Gasteiger partial charge in [-0.3, -0.25) is 4.79 Å². The summed E-state index contributed by atoms with van der Waals surface area (Å²) in [5.41, 5.74) is 6.04. The molecule has 5 nitrogen and oxygen atoms in total. The van der Waals surface area contributed by atoms with Crippen LogP contribution in [0.1, 0.15) is 60.1 Å². The number of carbonyl (C=O) groups excluding carboxylic acids is 1. The number of methoxy groups -OCH3 is 1. The molecule has 1 aromatic carbocycles. The van der Waals surface area contributed by atoms with E-state index in [1.54, 1.807) is 7.11 Å². The molecule has 0 radical (unpaired) electrons. The fourth-order valence-electron chi connectivity index (χ4n) is 5.90. The molecule has 2 atom stereocenters. The lowest BCUT2D eigenvalue weighted by Crippen LogP contribution is -2.53. The third-order valence-corrected chi connectivity index (χ3v) is 7.90. The maximum atomic E-state index is 13.2. The van der Waals surface area contributed by atoms with E-state index in [0.717, 1.165) is 69.0 Å². The zero-order valence-electron chi connectivity index (χ0n) is 19.8. The molecule has 168 valence electrons. The highest BCUT2D eigenvalue weighted by atomic mass is 16.5. The molecule has 2 aromatic rings. The van der Waals surface area contributed by atoms with Gasteiger partial charge in [-0.25, -0.2) is 0 Å². The fraction of sp³-hybridized carbons (Fsp3) is 0.577. The monoisotopic (exact) mass is 423 g/mol. The third-order valence-electron chi connectivity index (χ3n) is 7.90. The number of H-pyrrole nitrogens is 1. The van der Waals surface area contributed by atoms with Crippen LogP contribution in [0.3, 0.4) is 0 Å². The smallest absolute Gasteiger partial charge is 0.270 e. The standard InChI is InChI=1S/C26H37N3O2/c1-6-28-13-12-26(19-10-9-11-21(14-19)31-5)16-23-22(15-20(26)17-28)18(4)24(27-23)25(30)29(7-2)8-3/h9-11,14,20,27H,6-8,12-13,15-17H2,1-5H3. The number of rotatable bonds is 6. The summed E-state index contributed by atoms with van der Waals surface area (Å²) < 4.78 is 5.57. The molecule has 1 aliphatic heterocycles. The number of aromatic amines is 1. The Labute approximate surface area is 186 Å². The van der Waals surface area contributed by atoms with Crippen molar-refractivity contribution in [2.75, 3.05) is 39.8 Å². The topological polar surface area (TPSA) is 48.6 Å². The number of hydrogen-bond acceptors (Lipinski definition) is 3. The minimum Gasteiger partial charge on any atom is -0.497 e. The number of hydrogen-bond donors (Lipinski definition) is 1. The summed E-state index contributed by atoms with van der Waals surface area (Å²) in [6, 6.07) is 8.67. The normalized spacial score (nSPS) is 23.2. The number of piperidine rings is 1. The molecule has 4 rings (SSSR count). The summed E-state index contributed by atoms with van der Waals surface area (Å²) in [5, 5.41) is 0. The maximum Gasteiger partial charge on any atom is 0.270 e. The quantitative estimate of drug-likeness (QED) is 0.758. The van der Waals surface area contributed by atoms with E-state index in [-0.39, 0.29) is 11.3 Å². The number of fused-ring (bicyclic) bond motifs is 2. The number of nitrogens with one attached hydrogen (secondary N) is 1. The van der Waals surface area contributed by atoms with Crippen molar-refractivity contribution in [3.05, 3.63) is 52.3 Å². The maximum absolute atomic E-state index is 13.2. The van der Waals surface area contributed by atoms with E-state index in [1.807, 2.05) is 24.8 Å². The number of aromatic nitrogens is 1. The van der Waals surface area contributed by atoms with Gasteiger partial charge >= 0.3 is 0 Å². The predicted octanol–water partition coefficient (Wildman–Crippen LogP) is 4.19. The van der Waals surface area contributed by atoms with Crippen LogP contribution in [0.2, 0.25) is 0 Å². The second kappa shape index (κ2) is 8.70. The molecule has 2 heterocycles. The first-order valence-electron chi connectivity index (χ1n) is 11.8. The van der Waals surface area contributed by atoms with Crippen molar-refractivity contribution in [2.45, 2.75) is 52.4 Å². The number of nitrogens with zero attached hydrogens (tertiary/aromatic N) is 2. The minimum absolute atomic E-state index is 0.0834. The van der Waals surface area contributed by atoms with Gasteiger partial charge < -0.3 is 19.5 Å². The molecule has 0 spiro atoms. The van der Waals surface area contributed by atoms with Crippen LogP contribution in [-0.2, 0) is 18.3 Å². The van der Waals surface area contributed by atoms with Crippen molar-refractivity contribution < 1.29 is 9.53 Å². The minimum atomic E-state index is 0.0834.